The molecule has 0 aromatic rings. The van der Waals surface area contributed by atoms with Crippen molar-refractivity contribution >= 4 is 17.7 Å². The molecule has 2 atom stereocenters. The monoisotopic (exact) mass is 226 g/mol. The molecular formula is C11H18N2OS. The molecule has 0 aromatic heterocycles. The third-order valence-electron chi connectivity index (χ3n) is 2.85. The quantitative estimate of drug-likeness (QED) is 0.739. The predicted molar refractivity (Wildman–Crippen MR) is 62.6 cm³/mol. The van der Waals surface area contributed by atoms with Gasteiger partial charge in [0.1, 0.15) is 0 Å². The van der Waals surface area contributed by atoms with Crippen LogP contribution in [0.25, 0.3) is 0 Å². The van der Waals surface area contributed by atoms with Crippen LogP contribution in [0.2, 0.25) is 0 Å². The second-order valence-corrected chi connectivity index (χ2v) is 5.33. The second kappa shape index (κ2) is 6.02. The number of hydrogen-bond donors (Lipinski definition) is 0. The number of carbonyl (C=O) groups is 1. The van der Waals surface area contributed by atoms with Crippen molar-refractivity contribution in [3.05, 3.63) is 0 Å². The highest BCUT2D eigenvalue weighted by Crippen LogP contribution is 2.26. The van der Waals surface area contributed by atoms with Gasteiger partial charge in [-0.15, -0.1) is 11.8 Å². The summed E-state index contributed by atoms with van der Waals surface area (Å²) in [5, 5.41) is 8.71. The Balaban J connectivity index is 2.47. The van der Waals surface area contributed by atoms with E-state index in [9.17, 15) is 4.79 Å². The van der Waals surface area contributed by atoms with Crippen LogP contribution in [-0.4, -0.2) is 34.9 Å². The topological polar surface area (TPSA) is 44.1 Å². The largest absolute Gasteiger partial charge is 0.341 e. The molecule has 84 valence electrons. The Kier molecular flexibility index (Phi) is 4.97. The van der Waals surface area contributed by atoms with Crippen LogP contribution in [0.3, 0.4) is 0 Å². The summed E-state index contributed by atoms with van der Waals surface area (Å²) in [7, 11) is 1.81. The van der Waals surface area contributed by atoms with Crippen molar-refractivity contribution in [1.82, 2.24) is 4.90 Å². The lowest BCUT2D eigenvalue weighted by Crippen LogP contribution is -2.41. The number of nitrogens with zero attached hydrogens (tertiary/aromatic N) is 2. The van der Waals surface area contributed by atoms with E-state index in [4.69, 9.17) is 5.26 Å². The summed E-state index contributed by atoms with van der Waals surface area (Å²) in [5.74, 6) is 1.29. The number of thioether (sulfide) groups is 1. The Morgan fingerprint density at radius 1 is 1.67 bits per heavy atom. The van der Waals surface area contributed by atoms with E-state index >= 15 is 0 Å². The van der Waals surface area contributed by atoms with Crippen LogP contribution >= 0.6 is 11.8 Å². The third-order valence-corrected chi connectivity index (χ3v) is 4.21. The van der Waals surface area contributed by atoms with Crippen molar-refractivity contribution < 1.29 is 4.79 Å². The summed E-state index contributed by atoms with van der Waals surface area (Å²) in [6, 6.07) is 2.14. The number of rotatable bonds is 3. The Morgan fingerprint density at radius 3 is 2.93 bits per heavy atom. The highest BCUT2D eigenvalue weighted by molar-refractivity contribution is 8.00. The van der Waals surface area contributed by atoms with Gasteiger partial charge in [0.15, 0.2) is 0 Å². The van der Waals surface area contributed by atoms with E-state index in [-0.39, 0.29) is 17.2 Å². The predicted octanol–water partition coefficient (Wildman–Crippen LogP) is 2.03. The first-order chi connectivity index (χ1) is 7.16. The number of amides is 1. The molecule has 0 aliphatic carbocycles. The lowest BCUT2D eigenvalue weighted by atomic mass is 10.1. The minimum absolute atomic E-state index is 0.0324. The molecule has 1 aliphatic heterocycles. The van der Waals surface area contributed by atoms with Gasteiger partial charge in [0.05, 0.1) is 17.7 Å². The fraction of sp³-hybridized carbons (Fsp3) is 0.818. The number of carbonyl (C=O) groups excluding carboxylic acids is 1. The van der Waals surface area contributed by atoms with Crippen LogP contribution in [0.1, 0.15) is 32.6 Å². The maximum atomic E-state index is 12.0. The molecule has 4 heteroatoms. The molecule has 1 heterocycles. The molecule has 1 rings (SSSR count). The van der Waals surface area contributed by atoms with Crippen molar-refractivity contribution in [1.29, 1.82) is 5.26 Å². The Bertz CT molecular complexity index is 256. The standard InChI is InChI=1S/C11H18N2OS/c1-9(6-7-12)13(2)11(14)10-5-3-4-8-15-10/h9-10H,3-6,8H2,1-2H3. The first kappa shape index (κ1) is 12.4. The molecule has 0 aromatic carbocycles. The van der Waals surface area contributed by atoms with Gasteiger partial charge in [-0.25, -0.2) is 0 Å². The normalized spacial score (nSPS) is 22.9. The first-order valence-corrected chi connectivity index (χ1v) is 6.47. The lowest BCUT2D eigenvalue weighted by molar-refractivity contribution is -0.131. The third kappa shape index (κ3) is 3.42. The van der Waals surface area contributed by atoms with Gasteiger partial charge in [0, 0.05) is 13.1 Å². The van der Waals surface area contributed by atoms with Crippen molar-refractivity contribution in [3.63, 3.8) is 0 Å². The van der Waals surface area contributed by atoms with E-state index in [0.717, 1.165) is 18.6 Å². The molecule has 15 heavy (non-hydrogen) atoms. The smallest absolute Gasteiger partial charge is 0.235 e. The van der Waals surface area contributed by atoms with Crippen LogP contribution in [0.4, 0.5) is 0 Å². The maximum absolute atomic E-state index is 12.0. The number of hydrogen-bond acceptors (Lipinski definition) is 3. The summed E-state index contributed by atoms with van der Waals surface area (Å²) < 4.78 is 0. The van der Waals surface area contributed by atoms with Crippen molar-refractivity contribution in [2.45, 2.75) is 43.9 Å². The Morgan fingerprint density at radius 2 is 2.40 bits per heavy atom. The zero-order valence-corrected chi connectivity index (χ0v) is 10.2. The van der Waals surface area contributed by atoms with E-state index in [0.29, 0.717) is 6.42 Å². The van der Waals surface area contributed by atoms with Crippen LogP contribution in [0.5, 0.6) is 0 Å². The van der Waals surface area contributed by atoms with Gasteiger partial charge in [-0.3, -0.25) is 4.79 Å². The van der Waals surface area contributed by atoms with Gasteiger partial charge >= 0.3 is 0 Å². The van der Waals surface area contributed by atoms with Crippen molar-refractivity contribution in [3.8, 4) is 6.07 Å². The SMILES string of the molecule is CC(CC#N)N(C)C(=O)C1CCCCS1. The Labute approximate surface area is 95.8 Å². The summed E-state index contributed by atoms with van der Waals surface area (Å²) in [6.07, 6.45) is 3.79. The van der Waals surface area contributed by atoms with E-state index < -0.39 is 0 Å². The molecule has 0 bridgehead atoms. The summed E-state index contributed by atoms with van der Waals surface area (Å²) in [5.41, 5.74) is 0. The highest BCUT2D eigenvalue weighted by Gasteiger charge is 2.26. The molecule has 1 aliphatic rings. The second-order valence-electron chi connectivity index (χ2n) is 4.02. The van der Waals surface area contributed by atoms with Gasteiger partial charge in [-0.05, 0) is 25.5 Å². The fourth-order valence-electron chi connectivity index (χ4n) is 1.65. The van der Waals surface area contributed by atoms with Crippen LogP contribution in [0.15, 0.2) is 0 Å². The van der Waals surface area contributed by atoms with E-state index in [1.54, 1.807) is 23.7 Å². The van der Waals surface area contributed by atoms with Crippen molar-refractivity contribution in [2.75, 3.05) is 12.8 Å². The zero-order valence-electron chi connectivity index (χ0n) is 9.40. The van der Waals surface area contributed by atoms with E-state index in [1.807, 2.05) is 6.92 Å². The van der Waals surface area contributed by atoms with Crippen LogP contribution in [-0.2, 0) is 4.79 Å². The molecule has 0 N–H and O–H groups in total. The molecule has 0 radical (unpaired) electrons. The number of nitriles is 1. The van der Waals surface area contributed by atoms with Crippen LogP contribution < -0.4 is 0 Å². The molecule has 1 amide bonds. The minimum Gasteiger partial charge on any atom is -0.341 e. The maximum Gasteiger partial charge on any atom is 0.235 e. The fourth-order valence-corrected chi connectivity index (χ4v) is 2.95. The molecule has 3 nitrogen and oxygen atoms in total. The molecule has 0 saturated carbocycles. The first-order valence-electron chi connectivity index (χ1n) is 5.42. The van der Waals surface area contributed by atoms with Gasteiger partial charge in [-0.2, -0.15) is 5.26 Å². The van der Waals surface area contributed by atoms with Gasteiger partial charge in [-0.1, -0.05) is 6.42 Å². The molecule has 1 fully saturated rings. The lowest BCUT2D eigenvalue weighted by Gasteiger charge is -2.29. The summed E-state index contributed by atoms with van der Waals surface area (Å²) in [6.45, 7) is 1.93. The zero-order chi connectivity index (χ0) is 11.3. The average molecular weight is 226 g/mol. The van der Waals surface area contributed by atoms with Gasteiger partial charge in [0.25, 0.3) is 0 Å². The molecule has 1 saturated heterocycles. The highest BCUT2D eigenvalue weighted by atomic mass is 32.2. The molecule has 0 spiro atoms. The molecule has 2 unspecified atom stereocenters. The molecular weight excluding hydrogens is 208 g/mol. The van der Waals surface area contributed by atoms with Gasteiger partial charge < -0.3 is 4.90 Å². The summed E-state index contributed by atoms with van der Waals surface area (Å²) in [4.78, 5) is 13.7. The average Bonchev–Trinajstić information content (AvgIpc) is 2.28. The van der Waals surface area contributed by atoms with E-state index in [2.05, 4.69) is 6.07 Å². The van der Waals surface area contributed by atoms with Crippen LogP contribution in [0, 0.1) is 11.3 Å². The van der Waals surface area contributed by atoms with E-state index in [1.165, 1.54) is 6.42 Å². The summed E-state index contributed by atoms with van der Waals surface area (Å²) >= 11 is 1.76. The van der Waals surface area contributed by atoms with Gasteiger partial charge in [0.2, 0.25) is 5.91 Å². The van der Waals surface area contributed by atoms with Crippen molar-refractivity contribution in [2.24, 2.45) is 0 Å². The minimum atomic E-state index is 0.0324. The Hall–Kier alpha value is -0.690.